The number of rotatable bonds is 6. The van der Waals surface area contributed by atoms with Crippen LogP contribution in [0.5, 0.6) is 0 Å². The summed E-state index contributed by atoms with van der Waals surface area (Å²) in [5.74, 6) is 0.937. The highest BCUT2D eigenvalue weighted by atomic mass is 28.3. The summed E-state index contributed by atoms with van der Waals surface area (Å²) in [7, 11) is -2.93. The molecule has 9 aromatic rings. The molecule has 0 N–H and O–H groups in total. The smallest absolute Gasteiger partial charge is 0.179 e. The van der Waals surface area contributed by atoms with Gasteiger partial charge in [-0.3, -0.25) is 9.88 Å². The van der Waals surface area contributed by atoms with Crippen LogP contribution >= 0.6 is 0 Å². The van der Waals surface area contributed by atoms with E-state index in [1.54, 1.807) is 0 Å². The fraction of sp³-hybridized carbons (Fsp3) is 0.0612. The summed E-state index contributed by atoms with van der Waals surface area (Å²) in [5, 5.41) is 7.47. The lowest BCUT2D eigenvalue weighted by Crippen LogP contribution is -2.74. The number of fused-ring (bicyclic) bond motifs is 6. The van der Waals surface area contributed by atoms with Gasteiger partial charge in [-0.2, -0.15) is 0 Å². The van der Waals surface area contributed by atoms with Crippen LogP contribution < -0.4 is 25.6 Å². The quantitative estimate of drug-likeness (QED) is 0.127. The standard InChI is InChI=1S/C49H37N3OSi/c1-49(2)42-25-15-31-51-48(42)52(44-29-28-41-40-24-9-10-27-45(40)53-47(41)46(44)49)35-17-14-23-39(33-35)54(36-18-5-3-6-19-36,37-20-7-4-8-21-37)38-22-13-16-34(32-38)43-26-11-12-30-50-43/h3-33H,1-2H3. The molecule has 54 heavy (non-hydrogen) atoms. The number of hydrogen-bond donors (Lipinski definition) is 0. The molecule has 1 aliphatic rings. The molecule has 10 rings (SSSR count). The van der Waals surface area contributed by atoms with Gasteiger partial charge in [0.05, 0.1) is 11.4 Å². The Morgan fingerprint density at radius 1 is 0.537 bits per heavy atom. The third kappa shape index (κ3) is 4.82. The van der Waals surface area contributed by atoms with Crippen LogP contribution in [0.15, 0.2) is 193 Å². The average Bonchev–Trinajstić information content (AvgIpc) is 3.61. The number of benzene rings is 6. The molecule has 258 valence electrons. The Morgan fingerprint density at radius 2 is 1.20 bits per heavy atom. The third-order valence-electron chi connectivity index (χ3n) is 11.3. The minimum absolute atomic E-state index is 0.362. The average molecular weight is 712 g/mol. The normalized spacial score (nSPS) is 13.5. The van der Waals surface area contributed by atoms with Crippen LogP contribution in [0.1, 0.15) is 25.0 Å². The van der Waals surface area contributed by atoms with Crippen molar-refractivity contribution in [2.45, 2.75) is 19.3 Å². The fourth-order valence-corrected chi connectivity index (χ4v) is 13.7. The summed E-state index contributed by atoms with van der Waals surface area (Å²) in [6.07, 6.45) is 3.78. The van der Waals surface area contributed by atoms with Gasteiger partial charge >= 0.3 is 0 Å². The van der Waals surface area contributed by atoms with Crippen molar-refractivity contribution in [1.82, 2.24) is 9.97 Å². The number of para-hydroxylation sites is 1. The van der Waals surface area contributed by atoms with Crippen LogP contribution in [-0.2, 0) is 5.41 Å². The van der Waals surface area contributed by atoms with Gasteiger partial charge in [-0.15, -0.1) is 0 Å². The molecule has 3 aromatic heterocycles. The second kappa shape index (κ2) is 12.5. The highest BCUT2D eigenvalue weighted by Crippen LogP contribution is 2.54. The lowest BCUT2D eigenvalue weighted by atomic mass is 9.74. The first-order valence-corrected chi connectivity index (χ1v) is 20.5. The first-order chi connectivity index (χ1) is 26.5. The zero-order valence-electron chi connectivity index (χ0n) is 30.1. The van der Waals surface area contributed by atoms with Crippen LogP contribution in [0.4, 0.5) is 17.2 Å². The Balaban J connectivity index is 1.26. The minimum atomic E-state index is -2.93. The van der Waals surface area contributed by atoms with E-state index < -0.39 is 8.07 Å². The molecule has 0 saturated carbocycles. The van der Waals surface area contributed by atoms with Gasteiger partial charge in [-0.25, -0.2) is 4.98 Å². The summed E-state index contributed by atoms with van der Waals surface area (Å²) < 4.78 is 6.74. The highest BCUT2D eigenvalue weighted by Gasteiger charge is 2.44. The molecule has 5 heteroatoms. The van der Waals surface area contributed by atoms with Gasteiger partial charge in [0.1, 0.15) is 17.0 Å². The van der Waals surface area contributed by atoms with E-state index >= 15 is 0 Å². The van der Waals surface area contributed by atoms with Crippen LogP contribution in [0.25, 0.3) is 33.2 Å². The molecule has 6 aromatic carbocycles. The summed E-state index contributed by atoms with van der Waals surface area (Å²) >= 11 is 0. The van der Waals surface area contributed by atoms with Crippen molar-refractivity contribution < 1.29 is 4.42 Å². The van der Waals surface area contributed by atoms with Gasteiger partial charge < -0.3 is 4.42 Å². The van der Waals surface area contributed by atoms with Crippen molar-refractivity contribution in [3.05, 3.63) is 199 Å². The molecule has 0 spiro atoms. The van der Waals surface area contributed by atoms with Crippen LogP contribution in [-0.4, -0.2) is 18.0 Å². The second-order valence-electron chi connectivity index (χ2n) is 14.6. The van der Waals surface area contributed by atoms with E-state index in [-0.39, 0.29) is 5.41 Å². The van der Waals surface area contributed by atoms with E-state index in [0.717, 1.165) is 56.0 Å². The predicted octanol–water partition coefficient (Wildman–Crippen LogP) is 9.53. The Labute approximate surface area is 316 Å². The molecule has 0 radical (unpaired) electrons. The number of nitrogens with zero attached hydrogens (tertiary/aromatic N) is 3. The van der Waals surface area contributed by atoms with E-state index in [4.69, 9.17) is 14.4 Å². The SMILES string of the molecule is CC1(C)c2cccnc2N(c2cccc([Si](c3ccccc3)(c3ccccc3)c3cccc(-c4ccccn4)c3)c2)c2ccc3c(oc4ccccc43)c21. The van der Waals surface area contributed by atoms with Crippen molar-refractivity contribution in [3.8, 4) is 11.3 Å². The molecular weight excluding hydrogens is 675 g/mol. The molecule has 1 aliphatic heterocycles. The minimum Gasteiger partial charge on any atom is -0.456 e. The number of aromatic nitrogens is 2. The first kappa shape index (κ1) is 32.1. The highest BCUT2D eigenvalue weighted by molar-refractivity contribution is 7.20. The van der Waals surface area contributed by atoms with E-state index in [0.29, 0.717) is 0 Å². The van der Waals surface area contributed by atoms with Gasteiger partial charge in [0, 0.05) is 51.0 Å². The van der Waals surface area contributed by atoms with E-state index in [1.165, 1.54) is 26.3 Å². The van der Waals surface area contributed by atoms with Crippen molar-refractivity contribution in [2.75, 3.05) is 4.90 Å². The molecule has 0 amide bonds. The molecule has 4 nitrogen and oxygen atoms in total. The third-order valence-corrected chi connectivity index (χ3v) is 16.0. The van der Waals surface area contributed by atoms with Crippen molar-refractivity contribution in [1.29, 1.82) is 0 Å². The zero-order valence-corrected chi connectivity index (χ0v) is 31.1. The zero-order chi connectivity index (χ0) is 36.3. The lowest BCUT2D eigenvalue weighted by molar-refractivity contribution is 0.599. The largest absolute Gasteiger partial charge is 0.456 e. The molecular formula is C49H37N3OSi. The van der Waals surface area contributed by atoms with Crippen LogP contribution in [0, 0.1) is 0 Å². The van der Waals surface area contributed by atoms with Gasteiger partial charge in [0.2, 0.25) is 0 Å². The number of furan rings is 1. The number of anilines is 3. The fourth-order valence-electron chi connectivity index (χ4n) is 8.84. The maximum Gasteiger partial charge on any atom is 0.179 e. The maximum absolute atomic E-state index is 6.74. The Hall–Kier alpha value is -6.56. The van der Waals surface area contributed by atoms with Gasteiger partial charge in [-0.1, -0.05) is 141 Å². The van der Waals surface area contributed by atoms with Crippen LogP contribution in [0.2, 0.25) is 0 Å². The van der Waals surface area contributed by atoms with E-state index in [1.807, 2.05) is 24.5 Å². The molecule has 0 unspecified atom stereocenters. The molecule has 0 saturated heterocycles. The molecule has 0 aliphatic carbocycles. The van der Waals surface area contributed by atoms with Crippen LogP contribution in [0.3, 0.4) is 0 Å². The Morgan fingerprint density at radius 3 is 1.96 bits per heavy atom. The topological polar surface area (TPSA) is 42.2 Å². The second-order valence-corrected chi connectivity index (χ2v) is 18.4. The monoisotopic (exact) mass is 711 g/mol. The van der Waals surface area contributed by atoms with Gasteiger partial charge in [0.15, 0.2) is 8.07 Å². The van der Waals surface area contributed by atoms with Crippen molar-refractivity contribution >= 4 is 68.0 Å². The number of hydrogen-bond acceptors (Lipinski definition) is 4. The van der Waals surface area contributed by atoms with E-state index in [2.05, 4.69) is 183 Å². The van der Waals surface area contributed by atoms with Gasteiger partial charge in [-0.05, 0) is 69.3 Å². The Bertz CT molecular complexity index is 2770. The van der Waals surface area contributed by atoms with Crippen molar-refractivity contribution in [3.63, 3.8) is 0 Å². The summed E-state index contributed by atoms with van der Waals surface area (Å²) in [6.45, 7) is 4.59. The van der Waals surface area contributed by atoms with E-state index in [9.17, 15) is 0 Å². The Kier molecular flexibility index (Phi) is 7.46. The van der Waals surface area contributed by atoms with Crippen molar-refractivity contribution in [2.24, 2.45) is 0 Å². The maximum atomic E-state index is 6.74. The summed E-state index contributed by atoms with van der Waals surface area (Å²) in [6, 6.07) is 63.7. The van der Waals surface area contributed by atoms with Gasteiger partial charge in [0.25, 0.3) is 0 Å². The lowest BCUT2D eigenvalue weighted by Gasteiger charge is -2.41. The number of pyridine rings is 2. The predicted molar refractivity (Wildman–Crippen MR) is 225 cm³/mol. The first-order valence-electron chi connectivity index (χ1n) is 18.5. The molecule has 0 atom stereocenters. The summed E-state index contributed by atoms with van der Waals surface area (Å²) in [5.41, 5.74) is 8.00. The molecule has 0 bridgehead atoms. The summed E-state index contributed by atoms with van der Waals surface area (Å²) in [4.78, 5) is 12.2. The molecule has 4 heterocycles. The molecule has 0 fully saturated rings.